The summed E-state index contributed by atoms with van der Waals surface area (Å²) in [5, 5.41) is 4.57. The molecule has 0 aliphatic carbocycles. The quantitative estimate of drug-likeness (QED) is 0.178. The fourth-order valence-corrected chi connectivity index (χ4v) is 7.75. The lowest BCUT2D eigenvalue weighted by Gasteiger charge is -2.29. The molecule has 0 saturated heterocycles. The summed E-state index contributed by atoms with van der Waals surface area (Å²) in [5.74, 6) is 0. The average Bonchev–Trinajstić information content (AvgIpc) is 3.76. The van der Waals surface area contributed by atoms with Gasteiger partial charge in [-0.3, -0.25) is 0 Å². The van der Waals surface area contributed by atoms with Crippen LogP contribution in [0, 0.1) is 0 Å². The molecule has 51 heavy (non-hydrogen) atoms. The van der Waals surface area contributed by atoms with Gasteiger partial charge in [0.1, 0.15) is 5.58 Å². The van der Waals surface area contributed by atoms with Crippen LogP contribution < -0.4 is 4.90 Å². The molecule has 0 aliphatic rings. The zero-order valence-corrected chi connectivity index (χ0v) is 27.8. The fraction of sp³-hybridized carbons (Fsp3) is 0. The standard InChI is InChI=1S/C48H32N2O/c1-3-16-33(17-4-1)34-18-13-19-35(32-34)37-22-7-10-26-41(37)50(45-30-14-25-39-38-23-9-12-31-46(38)51-48(39)45)44-29-15-28-43-47(44)40-24-8-11-27-42(40)49(43)36-20-5-2-6-21-36/h1-32H. The van der Waals surface area contributed by atoms with Crippen LogP contribution in [-0.4, -0.2) is 4.57 Å². The van der Waals surface area contributed by atoms with Crippen molar-refractivity contribution in [1.29, 1.82) is 0 Å². The molecule has 3 heteroatoms. The Balaban J connectivity index is 1.30. The highest BCUT2D eigenvalue weighted by atomic mass is 16.3. The Labute approximate surface area is 295 Å². The first-order valence-electron chi connectivity index (χ1n) is 17.4. The molecule has 0 amide bonds. The molecule has 0 spiro atoms. The third kappa shape index (κ3) is 4.74. The maximum atomic E-state index is 6.76. The van der Waals surface area contributed by atoms with E-state index in [4.69, 9.17) is 4.42 Å². The van der Waals surface area contributed by atoms with Crippen molar-refractivity contribution in [1.82, 2.24) is 4.57 Å². The Morgan fingerprint density at radius 2 is 0.980 bits per heavy atom. The van der Waals surface area contributed by atoms with E-state index in [9.17, 15) is 0 Å². The van der Waals surface area contributed by atoms with Gasteiger partial charge in [0.2, 0.25) is 0 Å². The van der Waals surface area contributed by atoms with Crippen LogP contribution in [0.25, 0.3) is 71.7 Å². The Kier molecular flexibility index (Phi) is 6.81. The van der Waals surface area contributed by atoms with E-state index < -0.39 is 0 Å². The lowest BCUT2D eigenvalue weighted by atomic mass is 9.97. The summed E-state index contributed by atoms with van der Waals surface area (Å²) in [7, 11) is 0. The second-order valence-corrected chi connectivity index (χ2v) is 12.9. The maximum absolute atomic E-state index is 6.76. The van der Waals surface area contributed by atoms with E-state index in [-0.39, 0.29) is 0 Å². The molecule has 10 rings (SSSR count). The van der Waals surface area contributed by atoms with Crippen molar-refractivity contribution in [3.8, 4) is 27.9 Å². The summed E-state index contributed by atoms with van der Waals surface area (Å²) < 4.78 is 9.14. The molecular formula is C48H32N2O. The topological polar surface area (TPSA) is 21.3 Å². The van der Waals surface area contributed by atoms with Crippen molar-refractivity contribution in [2.45, 2.75) is 0 Å². The van der Waals surface area contributed by atoms with Crippen molar-refractivity contribution in [3.63, 3.8) is 0 Å². The van der Waals surface area contributed by atoms with Gasteiger partial charge in [-0.1, -0.05) is 140 Å². The zero-order chi connectivity index (χ0) is 33.7. The van der Waals surface area contributed by atoms with Crippen molar-refractivity contribution in [2.24, 2.45) is 0 Å². The van der Waals surface area contributed by atoms with E-state index in [2.05, 4.69) is 198 Å². The number of rotatable bonds is 6. The van der Waals surface area contributed by atoms with Gasteiger partial charge in [0.05, 0.1) is 28.1 Å². The van der Waals surface area contributed by atoms with Gasteiger partial charge in [0.15, 0.2) is 5.58 Å². The van der Waals surface area contributed by atoms with Gasteiger partial charge in [-0.15, -0.1) is 0 Å². The smallest absolute Gasteiger partial charge is 0.159 e. The van der Waals surface area contributed by atoms with E-state index in [0.29, 0.717) is 0 Å². The SMILES string of the molecule is c1ccc(-c2cccc(-c3ccccc3N(c3cccc4c3oc3ccccc34)c3cccc4c3c3ccccc3n4-c3ccccc3)c2)cc1. The van der Waals surface area contributed by atoms with Gasteiger partial charge < -0.3 is 13.9 Å². The van der Waals surface area contributed by atoms with Crippen LogP contribution in [0.5, 0.6) is 0 Å². The first kappa shape index (κ1) is 29.1. The number of nitrogens with zero attached hydrogens (tertiary/aromatic N) is 2. The molecule has 0 unspecified atom stereocenters. The highest BCUT2D eigenvalue weighted by Crippen LogP contribution is 2.49. The molecule has 0 bridgehead atoms. The van der Waals surface area contributed by atoms with Crippen LogP contribution in [0.3, 0.4) is 0 Å². The van der Waals surface area contributed by atoms with Crippen molar-refractivity contribution in [3.05, 3.63) is 194 Å². The zero-order valence-electron chi connectivity index (χ0n) is 27.8. The first-order valence-corrected chi connectivity index (χ1v) is 17.4. The summed E-state index contributed by atoms with van der Waals surface area (Å²) in [4.78, 5) is 2.42. The third-order valence-electron chi connectivity index (χ3n) is 9.98. The molecular weight excluding hydrogens is 621 g/mol. The van der Waals surface area contributed by atoms with Crippen molar-refractivity contribution < 1.29 is 4.42 Å². The molecule has 240 valence electrons. The predicted molar refractivity (Wildman–Crippen MR) is 214 cm³/mol. The number of furan rings is 1. The van der Waals surface area contributed by atoms with Crippen LogP contribution in [0.15, 0.2) is 199 Å². The molecule has 2 aromatic heterocycles. The molecule has 2 heterocycles. The number of fused-ring (bicyclic) bond motifs is 6. The lowest BCUT2D eigenvalue weighted by Crippen LogP contribution is -2.12. The molecule has 0 radical (unpaired) electrons. The number of hydrogen-bond donors (Lipinski definition) is 0. The molecule has 0 N–H and O–H groups in total. The van der Waals surface area contributed by atoms with E-state index in [1.165, 1.54) is 21.9 Å². The minimum atomic E-state index is 0.857. The minimum absolute atomic E-state index is 0.857. The van der Waals surface area contributed by atoms with Crippen LogP contribution in [-0.2, 0) is 0 Å². The number of aromatic nitrogens is 1. The van der Waals surface area contributed by atoms with Crippen LogP contribution >= 0.6 is 0 Å². The van der Waals surface area contributed by atoms with Gasteiger partial charge in [-0.25, -0.2) is 0 Å². The summed E-state index contributed by atoms with van der Waals surface area (Å²) in [6.07, 6.45) is 0. The van der Waals surface area contributed by atoms with Crippen LogP contribution in [0.2, 0.25) is 0 Å². The number of hydrogen-bond acceptors (Lipinski definition) is 2. The average molecular weight is 653 g/mol. The van der Waals surface area contributed by atoms with Gasteiger partial charge in [-0.05, 0) is 71.3 Å². The summed E-state index contributed by atoms with van der Waals surface area (Å²) >= 11 is 0. The number of anilines is 3. The number of para-hydroxylation sites is 5. The Morgan fingerprint density at radius 3 is 1.86 bits per heavy atom. The third-order valence-corrected chi connectivity index (χ3v) is 9.98. The fourth-order valence-electron chi connectivity index (χ4n) is 7.75. The molecule has 10 aromatic rings. The summed E-state index contributed by atoms with van der Waals surface area (Å²) in [6, 6.07) is 69.1. The predicted octanol–water partition coefficient (Wildman–Crippen LogP) is 13.5. The Morgan fingerprint density at radius 1 is 0.392 bits per heavy atom. The minimum Gasteiger partial charge on any atom is -0.454 e. The van der Waals surface area contributed by atoms with Gasteiger partial charge in [0, 0.05) is 32.8 Å². The van der Waals surface area contributed by atoms with Gasteiger partial charge in [0.25, 0.3) is 0 Å². The second kappa shape index (κ2) is 11.9. The highest BCUT2D eigenvalue weighted by molar-refractivity contribution is 6.18. The van der Waals surface area contributed by atoms with E-state index in [1.807, 2.05) is 6.07 Å². The normalized spacial score (nSPS) is 11.5. The molecule has 8 aromatic carbocycles. The molecule has 0 fully saturated rings. The van der Waals surface area contributed by atoms with E-state index >= 15 is 0 Å². The van der Waals surface area contributed by atoms with E-state index in [0.717, 1.165) is 66.8 Å². The number of benzene rings is 8. The van der Waals surface area contributed by atoms with Gasteiger partial charge >= 0.3 is 0 Å². The van der Waals surface area contributed by atoms with E-state index in [1.54, 1.807) is 0 Å². The van der Waals surface area contributed by atoms with Gasteiger partial charge in [-0.2, -0.15) is 0 Å². The second-order valence-electron chi connectivity index (χ2n) is 12.9. The first-order chi connectivity index (χ1) is 25.3. The van der Waals surface area contributed by atoms with Crippen LogP contribution in [0.4, 0.5) is 17.1 Å². The Bertz CT molecular complexity index is 2860. The molecule has 3 nitrogen and oxygen atoms in total. The lowest BCUT2D eigenvalue weighted by molar-refractivity contribution is 0.669. The molecule has 0 atom stereocenters. The van der Waals surface area contributed by atoms with Crippen molar-refractivity contribution >= 4 is 60.8 Å². The van der Waals surface area contributed by atoms with Crippen molar-refractivity contribution in [2.75, 3.05) is 4.90 Å². The van der Waals surface area contributed by atoms with Crippen LogP contribution in [0.1, 0.15) is 0 Å². The summed E-state index contributed by atoms with van der Waals surface area (Å²) in [6.45, 7) is 0. The largest absolute Gasteiger partial charge is 0.454 e. The Hall–Kier alpha value is -6.84. The molecule has 0 aliphatic heterocycles. The summed E-state index contributed by atoms with van der Waals surface area (Å²) in [5.41, 5.74) is 13.0. The molecule has 0 saturated carbocycles. The highest BCUT2D eigenvalue weighted by Gasteiger charge is 2.25. The maximum Gasteiger partial charge on any atom is 0.159 e. The monoisotopic (exact) mass is 652 g/mol.